The van der Waals surface area contributed by atoms with E-state index in [1.807, 2.05) is 19.1 Å². The fraction of sp³-hybridized carbons (Fsp3) is 0.115. The van der Waals surface area contributed by atoms with Gasteiger partial charge in [0.15, 0.2) is 0 Å². The zero-order valence-corrected chi connectivity index (χ0v) is 20.4. The van der Waals surface area contributed by atoms with E-state index in [1.54, 1.807) is 54.6 Å². The summed E-state index contributed by atoms with van der Waals surface area (Å²) < 4.78 is 5.25. The predicted molar refractivity (Wildman–Crippen MR) is 137 cm³/mol. The summed E-state index contributed by atoms with van der Waals surface area (Å²) >= 11 is 12.4. The lowest BCUT2D eigenvalue weighted by Crippen LogP contribution is -2.32. The Bertz CT molecular complexity index is 1350. The standard InChI is InChI=1S/C26H21Cl2N3O4/c1-15-7-12-18(14-19(15)27)31-25(33)23(28)24(26(31)34)29-17-10-8-16(9-11-17)13-22(32)30-20-5-3-4-6-21(20)35-2/h3-12,14,29H,13H2,1-2H3,(H,30,32). The molecule has 0 unspecified atom stereocenters. The van der Waals surface area contributed by atoms with Crippen molar-refractivity contribution in [1.29, 1.82) is 0 Å². The summed E-state index contributed by atoms with van der Waals surface area (Å²) in [6.45, 7) is 1.82. The van der Waals surface area contributed by atoms with Crippen molar-refractivity contribution in [2.45, 2.75) is 13.3 Å². The fourth-order valence-corrected chi connectivity index (χ4v) is 3.93. The van der Waals surface area contributed by atoms with Crippen molar-refractivity contribution in [3.63, 3.8) is 0 Å². The molecule has 3 aromatic carbocycles. The first kappa shape index (κ1) is 24.3. The molecule has 9 heteroatoms. The molecule has 178 valence electrons. The van der Waals surface area contributed by atoms with E-state index in [9.17, 15) is 14.4 Å². The minimum absolute atomic E-state index is 0.0324. The Balaban J connectivity index is 1.43. The number of methoxy groups -OCH3 is 1. The molecule has 0 aromatic heterocycles. The number of ether oxygens (including phenoxy) is 1. The van der Waals surface area contributed by atoms with Crippen molar-refractivity contribution < 1.29 is 19.1 Å². The molecule has 7 nitrogen and oxygen atoms in total. The summed E-state index contributed by atoms with van der Waals surface area (Å²) in [5, 5.41) is 5.96. The highest BCUT2D eigenvalue weighted by Gasteiger charge is 2.39. The van der Waals surface area contributed by atoms with Crippen LogP contribution < -0.4 is 20.3 Å². The highest BCUT2D eigenvalue weighted by atomic mass is 35.5. The topological polar surface area (TPSA) is 87.7 Å². The molecule has 0 atom stereocenters. The highest BCUT2D eigenvalue weighted by molar-refractivity contribution is 6.53. The van der Waals surface area contributed by atoms with Crippen LogP contribution >= 0.6 is 23.2 Å². The van der Waals surface area contributed by atoms with Crippen molar-refractivity contribution in [2.75, 3.05) is 22.6 Å². The van der Waals surface area contributed by atoms with Gasteiger partial charge in [-0.25, -0.2) is 4.90 Å². The zero-order chi connectivity index (χ0) is 25.1. The van der Waals surface area contributed by atoms with Gasteiger partial charge in [0, 0.05) is 10.7 Å². The summed E-state index contributed by atoms with van der Waals surface area (Å²) in [7, 11) is 1.54. The number of hydrogen-bond acceptors (Lipinski definition) is 5. The first-order chi connectivity index (χ1) is 16.8. The minimum Gasteiger partial charge on any atom is -0.495 e. The second-order valence-corrected chi connectivity index (χ2v) is 8.60. The maximum Gasteiger partial charge on any atom is 0.283 e. The van der Waals surface area contributed by atoms with Gasteiger partial charge in [0.2, 0.25) is 5.91 Å². The maximum absolute atomic E-state index is 13.0. The van der Waals surface area contributed by atoms with E-state index in [-0.39, 0.29) is 23.1 Å². The van der Waals surface area contributed by atoms with Crippen LogP contribution in [-0.2, 0) is 20.8 Å². The second-order valence-electron chi connectivity index (χ2n) is 7.82. The number of halogens is 2. The minimum atomic E-state index is -0.635. The van der Waals surface area contributed by atoms with E-state index >= 15 is 0 Å². The predicted octanol–water partition coefficient (Wildman–Crippen LogP) is 5.27. The van der Waals surface area contributed by atoms with Crippen LogP contribution in [0.4, 0.5) is 17.1 Å². The van der Waals surface area contributed by atoms with Gasteiger partial charge in [-0.2, -0.15) is 0 Å². The van der Waals surface area contributed by atoms with Crippen molar-refractivity contribution in [3.05, 3.63) is 93.6 Å². The van der Waals surface area contributed by atoms with Crippen LogP contribution in [0.5, 0.6) is 5.75 Å². The van der Waals surface area contributed by atoms with Crippen LogP contribution in [-0.4, -0.2) is 24.8 Å². The summed E-state index contributed by atoms with van der Waals surface area (Å²) in [6, 6.07) is 18.9. The molecule has 0 bridgehead atoms. The van der Waals surface area contributed by atoms with Crippen LogP contribution in [0.15, 0.2) is 77.5 Å². The van der Waals surface area contributed by atoms with Gasteiger partial charge in [0.1, 0.15) is 16.5 Å². The quantitative estimate of drug-likeness (QED) is 0.423. The molecule has 3 amide bonds. The Morgan fingerprint density at radius 2 is 1.69 bits per heavy atom. The molecule has 1 aliphatic heterocycles. The van der Waals surface area contributed by atoms with Crippen molar-refractivity contribution >= 4 is 58.0 Å². The number of anilines is 3. The van der Waals surface area contributed by atoms with E-state index in [0.29, 0.717) is 27.8 Å². The summed E-state index contributed by atoms with van der Waals surface area (Å²) in [6.07, 6.45) is 0.140. The number of carbonyl (C=O) groups is 3. The average Bonchev–Trinajstić information content (AvgIpc) is 3.05. The molecule has 1 heterocycles. The molecule has 1 aliphatic rings. The number of hydrogen-bond donors (Lipinski definition) is 2. The fourth-order valence-electron chi connectivity index (χ4n) is 3.54. The lowest BCUT2D eigenvalue weighted by Gasteiger charge is -2.16. The lowest BCUT2D eigenvalue weighted by molar-refractivity contribution is -0.120. The molecule has 0 aliphatic carbocycles. The van der Waals surface area contributed by atoms with Gasteiger partial charge in [0.05, 0.1) is 24.9 Å². The summed E-state index contributed by atoms with van der Waals surface area (Å²) in [5.41, 5.74) is 3.01. The van der Waals surface area contributed by atoms with Gasteiger partial charge in [0.25, 0.3) is 11.8 Å². The molecule has 0 fully saturated rings. The average molecular weight is 510 g/mol. The van der Waals surface area contributed by atoms with Gasteiger partial charge in [-0.05, 0) is 54.4 Å². The van der Waals surface area contributed by atoms with E-state index < -0.39 is 11.8 Å². The lowest BCUT2D eigenvalue weighted by atomic mass is 10.1. The van der Waals surface area contributed by atoms with E-state index in [1.165, 1.54) is 7.11 Å². The molecule has 0 saturated heterocycles. The number of aryl methyl sites for hydroxylation is 1. The largest absolute Gasteiger partial charge is 0.495 e. The number of para-hydroxylation sites is 2. The number of imide groups is 1. The summed E-state index contributed by atoms with van der Waals surface area (Å²) in [5.74, 6) is -0.850. The first-order valence-corrected chi connectivity index (χ1v) is 11.4. The second kappa shape index (κ2) is 10.2. The number of benzene rings is 3. The van der Waals surface area contributed by atoms with Crippen LogP contribution in [0.1, 0.15) is 11.1 Å². The van der Waals surface area contributed by atoms with Crippen LogP contribution in [0.3, 0.4) is 0 Å². The number of carbonyl (C=O) groups excluding carboxylic acids is 3. The Kier molecular flexibility index (Phi) is 7.10. The van der Waals surface area contributed by atoms with Gasteiger partial charge in [-0.1, -0.05) is 53.5 Å². The van der Waals surface area contributed by atoms with Gasteiger partial charge >= 0.3 is 0 Å². The number of amides is 3. The van der Waals surface area contributed by atoms with Gasteiger partial charge in [-0.15, -0.1) is 0 Å². The molecule has 3 aromatic rings. The molecular formula is C26H21Cl2N3O4. The molecule has 0 spiro atoms. The van der Waals surface area contributed by atoms with Gasteiger partial charge in [-0.3, -0.25) is 14.4 Å². The highest BCUT2D eigenvalue weighted by Crippen LogP contribution is 2.32. The molecule has 4 rings (SSSR count). The number of rotatable bonds is 7. The normalized spacial score (nSPS) is 13.3. The molecular weight excluding hydrogens is 489 g/mol. The van der Waals surface area contributed by atoms with Crippen LogP contribution in [0.2, 0.25) is 5.02 Å². The molecule has 2 N–H and O–H groups in total. The molecule has 0 radical (unpaired) electrons. The Hall–Kier alpha value is -3.81. The first-order valence-electron chi connectivity index (χ1n) is 10.6. The third kappa shape index (κ3) is 5.16. The zero-order valence-electron chi connectivity index (χ0n) is 18.9. The Labute approximate surface area is 212 Å². The SMILES string of the molecule is COc1ccccc1NC(=O)Cc1ccc(NC2=C(Cl)C(=O)N(c3ccc(C)c(Cl)c3)C2=O)cc1. The Morgan fingerprint density at radius 1 is 0.971 bits per heavy atom. The van der Waals surface area contributed by atoms with Crippen LogP contribution in [0, 0.1) is 6.92 Å². The van der Waals surface area contributed by atoms with E-state index in [0.717, 1.165) is 16.0 Å². The van der Waals surface area contributed by atoms with Gasteiger partial charge < -0.3 is 15.4 Å². The number of nitrogens with zero attached hydrogens (tertiary/aromatic N) is 1. The monoisotopic (exact) mass is 509 g/mol. The van der Waals surface area contributed by atoms with Crippen LogP contribution in [0.25, 0.3) is 0 Å². The van der Waals surface area contributed by atoms with Crippen molar-refractivity contribution in [2.24, 2.45) is 0 Å². The summed E-state index contributed by atoms with van der Waals surface area (Å²) in [4.78, 5) is 39.0. The van der Waals surface area contributed by atoms with E-state index in [2.05, 4.69) is 10.6 Å². The van der Waals surface area contributed by atoms with E-state index in [4.69, 9.17) is 27.9 Å². The third-order valence-corrected chi connectivity index (χ3v) is 6.17. The maximum atomic E-state index is 13.0. The van der Waals surface area contributed by atoms with Crippen molar-refractivity contribution in [1.82, 2.24) is 0 Å². The number of nitrogens with one attached hydrogen (secondary N) is 2. The third-order valence-electron chi connectivity index (χ3n) is 5.41. The smallest absolute Gasteiger partial charge is 0.283 e. The Morgan fingerprint density at radius 3 is 2.37 bits per heavy atom. The molecule has 0 saturated carbocycles. The molecule has 35 heavy (non-hydrogen) atoms. The van der Waals surface area contributed by atoms with Crippen molar-refractivity contribution in [3.8, 4) is 5.75 Å².